The number of nitrogens with zero attached hydrogens (tertiary/aromatic N) is 1. The van der Waals surface area contributed by atoms with Crippen LogP contribution in [0.1, 0.15) is 47.9 Å². The molecule has 0 saturated heterocycles. The SMILES string of the molecule is NCCc1sc(C2CCCCC2)nc1-c1ccccc1. The van der Waals surface area contributed by atoms with Crippen molar-refractivity contribution < 1.29 is 0 Å². The number of thiazole rings is 1. The Balaban J connectivity index is 1.93. The van der Waals surface area contributed by atoms with Gasteiger partial charge in [0.25, 0.3) is 0 Å². The second-order valence-corrected chi connectivity index (χ2v) is 6.68. The topological polar surface area (TPSA) is 38.9 Å². The minimum absolute atomic E-state index is 0.683. The van der Waals surface area contributed by atoms with Gasteiger partial charge in [0.1, 0.15) is 0 Å². The highest BCUT2D eigenvalue weighted by molar-refractivity contribution is 7.12. The summed E-state index contributed by atoms with van der Waals surface area (Å²) in [5, 5.41) is 1.34. The van der Waals surface area contributed by atoms with Gasteiger partial charge < -0.3 is 5.73 Å². The van der Waals surface area contributed by atoms with Crippen molar-refractivity contribution in [2.24, 2.45) is 5.73 Å². The van der Waals surface area contributed by atoms with E-state index < -0.39 is 0 Å². The molecule has 1 aliphatic carbocycles. The number of nitrogens with two attached hydrogens (primary N) is 1. The zero-order valence-corrected chi connectivity index (χ0v) is 12.7. The lowest BCUT2D eigenvalue weighted by Crippen LogP contribution is -2.03. The minimum atomic E-state index is 0.683. The Kier molecular flexibility index (Phi) is 4.48. The van der Waals surface area contributed by atoms with E-state index in [4.69, 9.17) is 10.7 Å². The molecule has 1 aromatic carbocycles. The van der Waals surface area contributed by atoms with Gasteiger partial charge in [0.05, 0.1) is 10.7 Å². The molecular weight excluding hydrogens is 264 g/mol. The Hall–Kier alpha value is -1.19. The van der Waals surface area contributed by atoms with E-state index in [1.165, 1.54) is 53.2 Å². The molecule has 0 bridgehead atoms. The predicted molar refractivity (Wildman–Crippen MR) is 86.1 cm³/mol. The lowest BCUT2D eigenvalue weighted by molar-refractivity contribution is 0.442. The maximum absolute atomic E-state index is 5.77. The van der Waals surface area contributed by atoms with Gasteiger partial charge in [-0.2, -0.15) is 0 Å². The highest BCUT2D eigenvalue weighted by Gasteiger charge is 2.21. The molecule has 1 aliphatic rings. The van der Waals surface area contributed by atoms with E-state index >= 15 is 0 Å². The van der Waals surface area contributed by atoms with Crippen LogP contribution in [0.5, 0.6) is 0 Å². The molecule has 0 spiro atoms. The van der Waals surface area contributed by atoms with E-state index in [1.54, 1.807) is 0 Å². The van der Waals surface area contributed by atoms with E-state index in [-0.39, 0.29) is 0 Å². The van der Waals surface area contributed by atoms with Gasteiger partial charge in [-0.3, -0.25) is 0 Å². The summed E-state index contributed by atoms with van der Waals surface area (Å²) in [6.45, 7) is 0.701. The predicted octanol–water partition coefficient (Wildman–Crippen LogP) is 4.36. The molecule has 3 heteroatoms. The Morgan fingerprint density at radius 3 is 2.55 bits per heavy atom. The van der Waals surface area contributed by atoms with Crippen molar-refractivity contribution in [3.05, 3.63) is 40.2 Å². The molecule has 0 amide bonds. The lowest BCUT2D eigenvalue weighted by atomic mass is 9.90. The van der Waals surface area contributed by atoms with Gasteiger partial charge in [-0.25, -0.2) is 4.98 Å². The summed E-state index contributed by atoms with van der Waals surface area (Å²) < 4.78 is 0. The van der Waals surface area contributed by atoms with Gasteiger partial charge in [-0.15, -0.1) is 11.3 Å². The standard InChI is InChI=1S/C17H22N2S/c18-12-11-15-16(13-7-3-1-4-8-13)19-17(20-15)14-9-5-2-6-10-14/h1,3-4,7-8,14H,2,5-6,9-12,18H2. The third-order valence-electron chi connectivity index (χ3n) is 4.09. The summed E-state index contributed by atoms with van der Waals surface area (Å²) in [7, 11) is 0. The molecule has 0 atom stereocenters. The van der Waals surface area contributed by atoms with Crippen LogP contribution in [-0.2, 0) is 6.42 Å². The molecule has 2 aromatic rings. The first-order valence-electron chi connectivity index (χ1n) is 7.63. The highest BCUT2D eigenvalue weighted by Crippen LogP contribution is 2.38. The maximum atomic E-state index is 5.77. The molecule has 0 aliphatic heterocycles. The fourth-order valence-electron chi connectivity index (χ4n) is 3.02. The van der Waals surface area contributed by atoms with Gasteiger partial charge >= 0.3 is 0 Å². The fourth-order valence-corrected chi connectivity index (χ4v) is 4.29. The molecule has 1 saturated carbocycles. The van der Waals surface area contributed by atoms with Crippen molar-refractivity contribution in [1.82, 2.24) is 4.98 Å². The van der Waals surface area contributed by atoms with Crippen molar-refractivity contribution in [1.29, 1.82) is 0 Å². The first kappa shape index (κ1) is 13.8. The molecule has 0 unspecified atom stereocenters. The first-order chi connectivity index (χ1) is 9.88. The average Bonchev–Trinajstić information content (AvgIpc) is 2.94. The summed E-state index contributed by atoms with van der Waals surface area (Å²) in [6, 6.07) is 10.5. The second kappa shape index (κ2) is 6.51. The van der Waals surface area contributed by atoms with Crippen molar-refractivity contribution in [2.45, 2.75) is 44.4 Å². The van der Waals surface area contributed by atoms with Crippen LogP contribution in [0.3, 0.4) is 0 Å². The Labute approximate surface area is 125 Å². The number of rotatable bonds is 4. The molecule has 106 valence electrons. The number of aromatic nitrogens is 1. The van der Waals surface area contributed by atoms with Crippen LogP contribution in [-0.4, -0.2) is 11.5 Å². The monoisotopic (exact) mass is 286 g/mol. The summed E-state index contributed by atoms with van der Waals surface area (Å²) in [5.41, 5.74) is 8.17. The normalized spacial score (nSPS) is 16.4. The van der Waals surface area contributed by atoms with Gasteiger partial charge in [-0.05, 0) is 25.8 Å². The maximum Gasteiger partial charge on any atom is 0.0966 e. The highest BCUT2D eigenvalue weighted by atomic mass is 32.1. The van der Waals surface area contributed by atoms with Gasteiger partial charge in [0.15, 0.2) is 0 Å². The second-order valence-electron chi connectivity index (χ2n) is 5.56. The zero-order chi connectivity index (χ0) is 13.8. The van der Waals surface area contributed by atoms with Crippen molar-refractivity contribution in [2.75, 3.05) is 6.54 Å². The molecule has 1 heterocycles. The van der Waals surface area contributed by atoms with Crippen LogP contribution < -0.4 is 5.73 Å². The molecule has 0 radical (unpaired) electrons. The summed E-state index contributed by atoms with van der Waals surface area (Å²) in [4.78, 5) is 6.35. The van der Waals surface area contributed by atoms with E-state index in [2.05, 4.69) is 30.3 Å². The van der Waals surface area contributed by atoms with Crippen molar-refractivity contribution >= 4 is 11.3 Å². The van der Waals surface area contributed by atoms with Crippen LogP contribution in [0.25, 0.3) is 11.3 Å². The van der Waals surface area contributed by atoms with E-state index in [0.717, 1.165) is 6.42 Å². The van der Waals surface area contributed by atoms with Crippen LogP contribution in [0.2, 0.25) is 0 Å². The number of hydrogen-bond donors (Lipinski definition) is 1. The third kappa shape index (κ3) is 2.94. The first-order valence-corrected chi connectivity index (χ1v) is 8.45. The quantitative estimate of drug-likeness (QED) is 0.907. The largest absolute Gasteiger partial charge is 0.330 e. The Morgan fingerprint density at radius 1 is 1.10 bits per heavy atom. The van der Waals surface area contributed by atoms with Crippen LogP contribution >= 0.6 is 11.3 Å². The van der Waals surface area contributed by atoms with Crippen molar-refractivity contribution in [3.8, 4) is 11.3 Å². The van der Waals surface area contributed by atoms with Gasteiger partial charge in [0, 0.05) is 16.4 Å². The zero-order valence-electron chi connectivity index (χ0n) is 11.8. The van der Waals surface area contributed by atoms with E-state index in [9.17, 15) is 0 Å². The van der Waals surface area contributed by atoms with E-state index in [0.29, 0.717) is 12.5 Å². The fraction of sp³-hybridized carbons (Fsp3) is 0.471. The average molecular weight is 286 g/mol. The van der Waals surface area contributed by atoms with Crippen LogP contribution in [0.4, 0.5) is 0 Å². The van der Waals surface area contributed by atoms with Crippen LogP contribution in [0.15, 0.2) is 30.3 Å². The molecule has 1 fully saturated rings. The Bertz CT molecular complexity index is 541. The lowest BCUT2D eigenvalue weighted by Gasteiger charge is -2.18. The minimum Gasteiger partial charge on any atom is -0.330 e. The number of benzene rings is 1. The number of hydrogen-bond acceptors (Lipinski definition) is 3. The summed E-state index contributed by atoms with van der Waals surface area (Å²) >= 11 is 1.89. The van der Waals surface area contributed by atoms with E-state index in [1.807, 2.05) is 11.3 Å². The summed E-state index contributed by atoms with van der Waals surface area (Å²) in [5.74, 6) is 0.683. The summed E-state index contributed by atoms with van der Waals surface area (Å²) in [6.07, 6.45) is 7.67. The smallest absolute Gasteiger partial charge is 0.0966 e. The van der Waals surface area contributed by atoms with Gasteiger partial charge in [-0.1, -0.05) is 49.6 Å². The molecule has 2 N–H and O–H groups in total. The Morgan fingerprint density at radius 2 is 1.85 bits per heavy atom. The third-order valence-corrected chi connectivity index (χ3v) is 5.36. The molecule has 20 heavy (non-hydrogen) atoms. The molecular formula is C17H22N2S. The van der Waals surface area contributed by atoms with Crippen LogP contribution in [0, 0.1) is 0 Å². The molecule has 3 rings (SSSR count). The van der Waals surface area contributed by atoms with Gasteiger partial charge in [0.2, 0.25) is 0 Å². The van der Waals surface area contributed by atoms with Crippen molar-refractivity contribution in [3.63, 3.8) is 0 Å². The molecule has 1 aromatic heterocycles. The molecule has 2 nitrogen and oxygen atoms in total.